The number of amides is 2. The van der Waals surface area contributed by atoms with Crippen molar-refractivity contribution in [1.29, 1.82) is 0 Å². The van der Waals surface area contributed by atoms with Gasteiger partial charge < -0.3 is 21.3 Å². The van der Waals surface area contributed by atoms with Crippen LogP contribution in [0.25, 0.3) is 0 Å². The van der Waals surface area contributed by atoms with Gasteiger partial charge in [0.05, 0.1) is 18.7 Å². The van der Waals surface area contributed by atoms with E-state index in [2.05, 4.69) is 14.9 Å². The molecule has 2 amide bonds. The maximum atomic E-state index is 12.0. The monoisotopic (exact) mass is 278 g/mol. The van der Waals surface area contributed by atoms with Crippen LogP contribution in [0.3, 0.4) is 0 Å². The number of hydrogen-bond acceptors (Lipinski definition) is 6. The van der Waals surface area contributed by atoms with Crippen molar-refractivity contribution < 1.29 is 9.59 Å². The minimum atomic E-state index is -0.851. The number of anilines is 1. The lowest BCUT2D eigenvalue weighted by Crippen LogP contribution is -2.54. The van der Waals surface area contributed by atoms with E-state index >= 15 is 0 Å². The van der Waals surface area contributed by atoms with E-state index in [0.29, 0.717) is 26.2 Å². The summed E-state index contributed by atoms with van der Waals surface area (Å²) in [5.41, 5.74) is 10.7. The van der Waals surface area contributed by atoms with E-state index < -0.39 is 11.9 Å². The van der Waals surface area contributed by atoms with Crippen molar-refractivity contribution >= 4 is 17.6 Å². The minimum Gasteiger partial charge on any atom is -0.370 e. The maximum absolute atomic E-state index is 12.0. The number of carbonyl (C=O) groups excluding carboxylic acids is 2. The minimum absolute atomic E-state index is 0.122. The number of carbonyl (C=O) groups is 2. The smallest absolute Gasteiger partial charge is 0.240 e. The van der Waals surface area contributed by atoms with Crippen molar-refractivity contribution in [2.75, 3.05) is 31.1 Å². The van der Waals surface area contributed by atoms with Gasteiger partial charge in [-0.25, -0.2) is 4.98 Å². The molecule has 1 aliphatic heterocycles. The molecule has 2 heterocycles. The Balaban J connectivity index is 1.88. The first-order valence-electron chi connectivity index (χ1n) is 6.41. The Morgan fingerprint density at radius 1 is 1.25 bits per heavy atom. The molecule has 8 nitrogen and oxygen atoms in total. The molecule has 4 N–H and O–H groups in total. The van der Waals surface area contributed by atoms with E-state index in [1.54, 1.807) is 23.5 Å². The first-order valence-corrected chi connectivity index (χ1v) is 6.41. The predicted octanol–water partition coefficient (Wildman–Crippen LogP) is -1.67. The number of nitrogens with two attached hydrogens (primary N) is 2. The van der Waals surface area contributed by atoms with E-state index in [9.17, 15) is 9.59 Å². The Morgan fingerprint density at radius 2 is 1.95 bits per heavy atom. The van der Waals surface area contributed by atoms with E-state index in [1.807, 2.05) is 0 Å². The Labute approximate surface area is 116 Å². The van der Waals surface area contributed by atoms with Crippen LogP contribution in [0.1, 0.15) is 6.42 Å². The summed E-state index contributed by atoms with van der Waals surface area (Å²) in [6, 6.07) is -0.851. The summed E-state index contributed by atoms with van der Waals surface area (Å²) in [6.45, 7) is 2.41. The van der Waals surface area contributed by atoms with Crippen LogP contribution in [0.15, 0.2) is 18.6 Å². The van der Waals surface area contributed by atoms with Crippen LogP contribution in [0.5, 0.6) is 0 Å². The van der Waals surface area contributed by atoms with Crippen molar-refractivity contribution in [1.82, 2.24) is 14.9 Å². The number of hydrogen-bond donors (Lipinski definition) is 2. The lowest BCUT2D eigenvalue weighted by atomic mass is 10.1. The van der Waals surface area contributed by atoms with Gasteiger partial charge >= 0.3 is 0 Å². The van der Waals surface area contributed by atoms with Gasteiger partial charge in [-0.05, 0) is 0 Å². The average molecular weight is 278 g/mol. The summed E-state index contributed by atoms with van der Waals surface area (Å²) in [5.74, 6) is -0.00678. The second-order valence-electron chi connectivity index (χ2n) is 4.65. The van der Waals surface area contributed by atoms with Gasteiger partial charge in [0.15, 0.2) is 0 Å². The van der Waals surface area contributed by atoms with Gasteiger partial charge in [-0.15, -0.1) is 0 Å². The molecular formula is C12H18N6O2. The molecule has 20 heavy (non-hydrogen) atoms. The van der Waals surface area contributed by atoms with E-state index in [-0.39, 0.29) is 12.3 Å². The van der Waals surface area contributed by atoms with Crippen LogP contribution in [0.4, 0.5) is 5.82 Å². The SMILES string of the molecule is NC(=O)CC(N)C(=O)N1CCN(c2cnccn2)CC1. The third-order valence-corrected chi connectivity index (χ3v) is 3.20. The lowest BCUT2D eigenvalue weighted by molar-refractivity contribution is -0.134. The summed E-state index contributed by atoms with van der Waals surface area (Å²) in [7, 11) is 0. The first kappa shape index (κ1) is 14.2. The molecule has 1 aromatic heterocycles. The van der Waals surface area contributed by atoms with E-state index in [1.165, 1.54) is 0 Å². The van der Waals surface area contributed by atoms with Crippen molar-refractivity contribution in [2.45, 2.75) is 12.5 Å². The summed E-state index contributed by atoms with van der Waals surface area (Å²) in [5, 5.41) is 0. The molecule has 1 fully saturated rings. The van der Waals surface area contributed by atoms with Crippen molar-refractivity contribution in [3.8, 4) is 0 Å². The third kappa shape index (κ3) is 3.41. The molecule has 0 aliphatic carbocycles. The van der Waals surface area contributed by atoms with Crippen LogP contribution in [0, 0.1) is 0 Å². The van der Waals surface area contributed by atoms with Crippen LogP contribution in [-0.2, 0) is 9.59 Å². The van der Waals surface area contributed by atoms with Gasteiger partial charge in [0.2, 0.25) is 11.8 Å². The van der Waals surface area contributed by atoms with Gasteiger partial charge in [0, 0.05) is 38.6 Å². The molecule has 1 aliphatic rings. The fourth-order valence-electron chi connectivity index (χ4n) is 2.15. The van der Waals surface area contributed by atoms with Crippen LogP contribution >= 0.6 is 0 Å². The largest absolute Gasteiger partial charge is 0.370 e. The highest BCUT2D eigenvalue weighted by atomic mass is 16.2. The molecule has 1 atom stereocenters. The summed E-state index contributed by atoms with van der Waals surface area (Å²) in [4.78, 5) is 34.8. The summed E-state index contributed by atoms with van der Waals surface area (Å²) in [6.07, 6.45) is 4.82. The number of nitrogens with zero attached hydrogens (tertiary/aromatic N) is 4. The number of primary amides is 1. The quantitative estimate of drug-likeness (QED) is 0.679. The topological polar surface area (TPSA) is 118 Å². The Hall–Kier alpha value is -2.22. The fraction of sp³-hybridized carbons (Fsp3) is 0.500. The average Bonchev–Trinajstić information content (AvgIpc) is 2.47. The zero-order chi connectivity index (χ0) is 14.5. The zero-order valence-corrected chi connectivity index (χ0v) is 11.1. The Morgan fingerprint density at radius 3 is 2.50 bits per heavy atom. The second-order valence-corrected chi connectivity index (χ2v) is 4.65. The number of rotatable bonds is 4. The molecular weight excluding hydrogens is 260 g/mol. The second kappa shape index (κ2) is 6.29. The third-order valence-electron chi connectivity index (χ3n) is 3.20. The van der Waals surface area contributed by atoms with Crippen LogP contribution < -0.4 is 16.4 Å². The predicted molar refractivity (Wildman–Crippen MR) is 72.6 cm³/mol. The van der Waals surface area contributed by atoms with Gasteiger partial charge in [-0.1, -0.05) is 0 Å². The highest BCUT2D eigenvalue weighted by Crippen LogP contribution is 2.12. The number of piperazine rings is 1. The highest BCUT2D eigenvalue weighted by Gasteiger charge is 2.26. The van der Waals surface area contributed by atoms with Crippen molar-refractivity contribution in [3.05, 3.63) is 18.6 Å². The molecule has 8 heteroatoms. The molecule has 0 aromatic carbocycles. The van der Waals surface area contributed by atoms with Crippen LogP contribution in [0.2, 0.25) is 0 Å². The maximum Gasteiger partial charge on any atom is 0.240 e. The highest BCUT2D eigenvalue weighted by molar-refractivity contribution is 5.87. The zero-order valence-electron chi connectivity index (χ0n) is 11.1. The Kier molecular flexibility index (Phi) is 4.46. The normalized spacial score (nSPS) is 16.9. The van der Waals surface area contributed by atoms with Crippen molar-refractivity contribution in [3.63, 3.8) is 0 Å². The number of aromatic nitrogens is 2. The molecule has 1 saturated heterocycles. The molecule has 0 radical (unpaired) electrons. The Bertz CT molecular complexity index is 472. The molecule has 2 rings (SSSR count). The van der Waals surface area contributed by atoms with Crippen LogP contribution in [-0.4, -0.2) is 58.9 Å². The molecule has 0 saturated carbocycles. The molecule has 1 aromatic rings. The molecule has 108 valence electrons. The standard InChI is InChI=1S/C12H18N6O2/c13-9(7-10(14)19)12(20)18-5-3-17(4-6-18)11-8-15-1-2-16-11/h1-2,8-9H,3-7,13H2,(H2,14,19). The van der Waals surface area contributed by atoms with Crippen molar-refractivity contribution in [2.24, 2.45) is 11.5 Å². The molecule has 1 unspecified atom stereocenters. The van der Waals surface area contributed by atoms with Gasteiger partial charge in [0.1, 0.15) is 5.82 Å². The molecule has 0 spiro atoms. The van der Waals surface area contributed by atoms with E-state index in [0.717, 1.165) is 5.82 Å². The first-order chi connectivity index (χ1) is 9.58. The summed E-state index contributed by atoms with van der Waals surface area (Å²) >= 11 is 0. The molecule has 0 bridgehead atoms. The lowest BCUT2D eigenvalue weighted by Gasteiger charge is -2.36. The van der Waals surface area contributed by atoms with Gasteiger partial charge in [-0.2, -0.15) is 0 Å². The summed E-state index contributed by atoms with van der Waals surface area (Å²) < 4.78 is 0. The van der Waals surface area contributed by atoms with Gasteiger partial charge in [-0.3, -0.25) is 14.6 Å². The van der Waals surface area contributed by atoms with Gasteiger partial charge in [0.25, 0.3) is 0 Å². The fourth-order valence-corrected chi connectivity index (χ4v) is 2.15. The van der Waals surface area contributed by atoms with E-state index in [4.69, 9.17) is 11.5 Å².